The average molecular weight is 490 g/mol. The first-order chi connectivity index (χ1) is 17.6. The van der Waals surface area contributed by atoms with Crippen molar-refractivity contribution in [3.05, 3.63) is 66.2 Å². The van der Waals surface area contributed by atoms with Gasteiger partial charge in [0.2, 0.25) is 0 Å². The van der Waals surface area contributed by atoms with E-state index >= 15 is 0 Å². The second-order valence-corrected chi connectivity index (χ2v) is 9.63. The van der Waals surface area contributed by atoms with E-state index in [0.29, 0.717) is 12.2 Å². The van der Waals surface area contributed by atoms with Gasteiger partial charge in [0.1, 0.15) is 12.4 Å². The molecule has 2 atom stereocenters. The topological polar surface area (TPSA) is 63.3 Å². The van der Waals surface area contributed by atoms with E-state index in [-0.39, 0.29) is 18.1 Å². The Hall–Kier alpha value is -3.13. The van der Waals surface area contributed by atoms with Gasteiger partial charge in [-0.3, -0.25) is 9.69 Å². The smallest absolute Gasteiger partial charge is 0.255 e. The maximum atomic E-state index is 13.3. The molecule has 7 nitrogen and oxygen atoms in total. The summed E-state index contributed by atoms with van der Waals surface area (Å²) in [6, 6.07) is 19.7. The first-order valence-electron chi connectivity index (χ1n) is 12.8. The van der Waals surface area contributed by atoms with Gasteiger partial charge in [0, 0.05) is 60.4 Å². The van der Waals surface area contributed by atoms with Crippen LogP contribution in [0.25, 0.3) is 10.8 Å². The number of ether oxygens (including phenoxy) is 3. The molecular formula is C29H35N3O4. The summed E-state index contributed by atoms with van der Waals surface area (Å²) in [5.74, 6) is 0.701. The highest BCUT2D eigenvalue weighted by Crippen LogP contribution is 2.32. The molecular weight excluding hydrogens is 454 g/mol. The minimum absolute atomic E-state index is 0.127. The summed E-state index contributed by atoms with van der Waals surface area (Å²) < 4.78 is 17.4. The molecule has 3 aromatic carbocycles. The quantitative estimate of drug-likeness (QED) is 0.530. The van der Waals surface area contributed by atoms with Gasteiger partial charge in [-0.05, 0) is 44.2 Å². The van der Waals surface area contributed by atoms with Gasteiger partial charge in [-0.25, -0.2) is 0 Å². The number of carbonyl (C=O) groups is 1. The van der Waals surface area contributed by atoms with Gasteiger partial charge in [-0.1, -0.05) is 30.3 Å². The first kappa shape index (κ1) is 24.6. The van der Waals surface area contributed by atoms with Gasteiger partial charge in [-0.15, -0.1) is 0 Å². The third kappa shape index (κ3) is 5.81. The second-order valence-electron chi connectivity index (χ2n) is 9.63. The number of nitrogens with one attached hydrogen (secondary N) is 1. The first-order valence-corrected chi connectivity index (χ1v) is 12.8. The van der Waals surface area contributed by atoms with Crippen LogP contribution in [0.5, 0.6) is 5.75 Å². The van der Waals surface area contributed by atoms with Gasteiger partial charge >= 0.3 is 0 Å². The number of carbonyl (C=O) groups excluding carboxylic acids is 1. The lowest BCUT2D eigenvalue weighted by Gasteiger charge is -2.37. The molecule has 1 N–H and O–H groups in total. The van der Waals surface area contributed by atoms with Crippen LogP contribution >= 0.6 is 0 Å². The van der Waals surface area contributed by atoms with Crippen LogP contribution in [0.2, 0.25) is 0 Å². The molecule has 5 rings (SSSR count). The molecule has 1 amide bonds. The SMILES string of the molecule is C[C@@H]1CN(c2cccc(C(=O)Nc3ccc(OCCN4CCOCC4)c4ccccc34)c2)C[C@H](C)O1. The highest BCUT2D eigenvalue weighted by Gasteiger charge is 2.23. The number of rotatable bonds is 7. The van der Waals surface area contributed by atoms with Crippen molar-refractivity contribution in [1.29, 1.82) is 0 Å². The molecule has 2 heterocycles. The number of amides is 1. The van der Waals surface area contributed by atoms with E-state index in [1.807, 2.05) is 54.6 Å². The number of hydrogen-bond acceptors (Lipinski definition) is 6. The zero-order valence-electron chi connectivity index (χ0n) is 21.1. The zero-order chi connectivity index (χ0) is 24.9. The van der Waals surface area contributed by atoms with Crippen molar-refractivity contribution < 1.29 is 19.0 Å². The van der Waals surface area contributed by atoms with E-state index in [2.05, 4.69) is 35.0 Å². The molecule has 190 valence electrons. The number of hydrogen-bond donors (Lipinski definition) is 1. The van der Waals surface area contributed by atoms with Crippen LogP contribution in [-0.4, -0.2) is 75.6 Å². The van der Waals surface area contributed by atoms with E-state index in [1.165, 1.54) is 0 Å². The number of anilines is 2. The molecule has 0 aromatic heterocycles. The van der Waals surface area contributed by atoms with Crippen LogP contribution in [0.1, 0.15) is 24.2 Å². The van der Waals surface area contributed by atoms with Gasteiger partial charge in [0.25, 0.3) is 5.91 Å². The van der Waals surface area contributed by atoms with Crippen LogP contribution in [-0.2, 0) is 9.47 Å². The highest BCUT2D eigenvalue weighted by atomic mass is 16.5. The third-order valence-corrected chi connectivity index (χ3v) is 6.79. The number of morpholine rings is 2. The molecule has 0 bridgehead atoms. The predicted octanol–water partition coefficient (Wildman–Crippen LogP) is 4.42. The Morgan fingerprint density at radius 3 is 2.50 bits per heavy atom. The van der Waals surface area contributed by atoms with E-state index in [4.69, 9.17) is 14.2 Å². The maximum Gasteiger partial charge on any atom is 0.255 e. The Kier molecular flexibility index (Phi) is 7.70. The van der Waals surface area contributed by atoms with Crippen molar-refractivity contribution in [2.45, 2.75) is 26.1 Å². The molecule has 0 spiro atoms. The van der Waals surface area contributed by atoms with Crippen molar-refractivity contribution in [2.24, 2.45) is 0 Å². The lowest BCUT2D eigenvalue weighted by Crippen LogP contribution is -2.45. The Morgan fingerprint density at radius 1 is 0.972 bits per heavy atom. The van der Waals surface area contributed by atoms with E-state index in [0.717, 1.165) is 73.8 Å². The molecule has 2 saturated heterocycles. The van der Waals surface area contributed by atoms with Crippen LogP contribution in [0.15, 0.2) is 60.7 Å². The molecule has 2 aliphatic heterocycles. The Labute approximate surface area is 212 Å². The summed E-state index contributed by atoms with van der Waals surface area (Å²) in [4.78, 5) is 17.9. The standard InChI is InChI=1S/C29H35N3O4/c1-21-19-32(20-22(2)36-21)24-7-5-6-23(18-24)29(33)30-27-10-11-28(26-9-4-3-8-25(26)27)35-17-14-31-12-15-34-16-13-31/h3-11,18,21-22H,12-17,19-20H2,1-2H3,(H,30,33)/t21-,22+. The van der Waals surface area contributed by atoms with Gasteiger partial charge in [-0.2, -0.15) is 0 Å². The molecule has 3 aromatic rings. The Morgan fingerprint density at radius 2 is 1.72 bits per heavy atom. The van der Waals surface area contributed by atoms with Gasteiger partial charge in [0.15, 0.2) is 0 Å². The van der Waals surface area contributed by atoms with Crippen molar-refractivity contribution in [1.82, 2.24) is 4.90 Å². The minimum Gasteiger partial charge on any atom is -0.492 e. The number of nitrogens with zero attached hydrogens (tertiary/aromatic N) is 2. The Balaban J connectivity index is 1.29. The summed E-state index contributed by atoms with van der Waals surface area (Å²) in [5.41, 5.74) is 2.45. The molecule has 2 fully saturated rings. The Bertz CT molecular complexity index is 1180. The summed E-state index contributed by atoms with van der Waals surface area (Å²) in [7, 11) is 0. The number of fused-ring (bicyclic) bond motifs is 1. The van der Waals surface area contributed by atoms with Crippen molar-refractivity contribution in [2.75, 3.05) is 62.8 Å². The monoisotopic (exact) mass is 489 g/mol. The molecule has 36 heavy (non-hydrogen) atoms. The summed E-state index contributed by atoms with van der Waals surface area (Å²) in [6.07, 6.45) is 0.319. The van der Waals surface area contributed by atoms with Crippen LogP contribution in [0.3, 0.4) is 0 Å². The predicted molar refractivity (Wildman–Crippen MR) is 143 cm³/mol. The maximum absolute atomic E-state index is 13.3. The fourth-order valence-electron chi connectivity index (χ4n) is 5.04. The van der Waals surface area contributed by atoms with Gasteiger partial charge < -0.3 is 24.4 Å². The molecule has 0 saturated carbocycles. The molecule has 0 aliphatic carbocycles. The number of benzene rings is 3. The fourth-order valence-corrected chi connectivity index (χ4v) is 5.04. The van der Waals surface area contributed by atoms with E-state index in [9.17, 15) is 4.79 Å². The van der Waals surface area contributed by atoms with Crippen molar-refractivity contribution in [3.8, 4) is 5.75 Å². The average Bonchev–Trinajstić information content (AvgIpc) is 2.90. The largest absolute Gasteiger partial charge is 0.492 e. The summed E-state index contributed by atoms with van der Waals surface area (Å²) in [5, 5.41) is 5.07. The normalized spacial score (nSPS) is 20.9. The van der Waals surface area contributed by atoms with Crippen molar-refractivity contribution in [3.63, 3.8) is 0 Å². The van der Waals surface area contributed by atoms with E-state index < -0.39 is 0 Å². The third-order valence-electron chi connectivity index (χ3n) is 6.79. The highest BCUT2D eigenvalue weighted by molar-refractivity contribution is 6.10. The minimum atomic E-state index is -0.127. The van der Waals surface area contributed by atoms with Crippen LogP contribution in [0, 0.1) is 0 Å². The van der Waals surface area contributed by atoms with Crippen LogP contribution in [0.4, 0.5) is 11.4 Å². The molecule has 0 radical (unpaired) electrons. The molecule has 0 unspecified atom stereocenters. The lowest BCUT2D eigenvalue weighted by atomic mass is 10.1. The van der Waals surface area contributed by atoms with Crippen LogP contribution < -0.4 is 15.0 Å². The lowest BCUT2D eigenvalue weighted by molar-refractivity contribution is -0.00521. The second kappa shape index (κ2) is 11.3. The van der Waals surface area contributed by atoms with E-state index in [1.54, 1.807) is 0 Å². The van der Waals surface area contributed by atoms with Crippen molar-refractivity contribution >= 4 is 28.1 Å². The zero-order valence-corrected chi connectivity index (χ0v) is 21.1. The summed E-state index contributed by atoms with van der Waals surface area (Å²) in [6.45, 7) is 10.7. The fraction of sp³-hybridized carbons (Fsp3) is 0.414. The van der Waals surface area contributed by atoms with Gasteiger partial charge in [0.05, 0.1) is 25.4 Å². The molecule has 2 aliphatic rings. The summed E-state index contributed by atoms with van der Waals surface area (Å²) >= 11 is 0. The molecule has 7 heteroatoms.